The molecule has 1 aromatic carbocycles. The second-order valence-corrected chi connectivity index (χ2v) is 7.73. The zero-order chi connectivity index (χ0) is 17.8. The van der Waals surface area contributed by atoms with E-state index >= 15 is 0 Å². The smallest absolute Gasteiger partial charge is 0.407 e. The monoisotopic (exact) mass is 388 g/mol. The molecule has 7 heteroatoms. The molecule has 0 aliphatic heterocycles. The second-order valence-electron chi connectivity index (χ2n) is 6.82. The Balaban J connectivity index is 2.63. The lowest BCUT2D eigenvalue weighted by atomic mass is 10.0. The number of benzene rings is 1. The predicted molar refractivity (Wildman–Crippen MR) is 89.9 cm³/mol. The molecule has 0 bridgehead atoms. The first kappa shape index (κ1) is 19.4. The van der Waals surface area contributed by atoms with Crippen molar-refractivity contribution < 1.29 is 18.7 Å². The van der Waals surface area contributed by atoms with Crippen molar-refractivity contribution in [3.8, 4) is 0 Å². The quantitative estimate of drug-likeness (QED) is 0.827. The Morgan fingerprint density at radius 1 is 1.22 bits per heavy atom. The fourth-order valence-electron chi connectivity index (χ4n) is 1.70. The highest BCUT2D eigenvalue weighted by molar-refractivity contribution is 9.10. The van der Waals surface area contributed by atoms with Crippen LogP contribution in [-0.2, 0) is 4.74 Å². The first-order valence-electron chi connectivity index (χ1n) is 7.14. The maximum Gasteiger partial charge on any atom is 0.407 e. The molecule has 0 aromatic heterocycles. The Labute approximate surface area is 144 Å². The minimum absolute atomic E-state index is 0.0569. The summed E-state index contributed by atoms with van der Waals surface area (Å²) in [6.07, 6.45) is -0.574. The molecule has 2 N–H and O–H groups in total. The Morgan fingerprint density at radius 3 is 2.35 bits per heavy atom. The van der Waals surface area contributed by atoms with Gasteiger partial charge in [0.05, 0.1) is 11.1 Å². The third-order valence-corrected chi connectivity index (χ3v) is 3.19. The van der Waals surface area contributed by atoms with Crippen molar-refractivity contribution in [3.63, 3.8) is 0 Å². The van der Waals surface area contributed by atoms with E-state index in [1.54, 1.807) is 40.7 Å². The minimum atomic E-state index is -0.770. The van der Waals surface area contributed by atoms with Crippen LogP contribution in [0.15, 0.2) is 22.7 Å². The molecule has 0 fully saturated rings. The van der Waals surface area contributed by atoms with Crippen molar-refractivity contribution in [2.24, 2.45) is 0 Å². The molecule has 0 unspecified atom stereocenters. The summed E-state index contributed by atoms with van der Waals surface area (Å²) in [5, 5.41) is 5.27. The Bertz CT molecular complexity index is 597. The lowest BCUT2D eigenvalue weighted by Gasteiger charge is -2.28. The van der Waals surface area contributed by atoms with E-state index in [1.807, 2.05) is 0 Å². The lowest BCUT2D eigenvalue weighted by Crippen LogP contribution is -2.52. The van der Waals surface area contributed by atoms with E-state index in [1.165, 1.54) is 12.1 Å². The van der Waals surface area contributed by atoms with Gasteiger partial charge >= 0.3 is 6.09 Å². The fraction of sp³-hybridized carbons (Fsp3) is 0.500. The SMILES string of the molecule is CC(C)(CNC(=O)OC(C)(C)C)NC(=O)c1ccc(Br)cc1F. The molecule has 2 amide bonds. The summed E-state index contributed by atoms with van der Waals surface area (Å²) < 4.78 is 19.5. The second kappa shape index (κ2) is 7.29. The molecule has 23 heavy (non-hydrogen) atoms. The summed E-state index contributed by atoms with van der Waals surface area (Å²) in [6.45, 7) is 8.87. The number of nitrogens with one attached hydrogen (secondary N) is 2. The van der Waals surface area contributed by atoms with Crippen LogP contribution in [0.1, 0.15) is 45.0 Å². The molecule has 1 rings (SSSR count). The van der Waals surface area contributed by atoms with E-state index in [0.717, 1.165) is 0 Å². The molecule has 0 radical (unpaired) electrons. The van der Waals surface area contributed by atoms with Crippen LogP contribution in [0.25, 0.3) is 0 Å². The molecule has 1 aromatic rings. The molecule has 0 heterocycles. The number of alkyl carbamates (subject to hydrolysis) is 1. The highest BCUT2D eigenvalue weighted by Gasteiger charge is 2.25. The summed E-state index contributed by atoms with van der Waals surface area (Å²) in [5.41, 5.74) is -1.43. The number of amides is 2. The van der Waals surface area contributed by atoms with Gasteiger partial charge in [-0.2, -0.15) is 0 Å². The van der Waals surface area contributed by atoms with Crippen LogP contribution in [0.3, 0.4) is 0 Å². The van der Waals surface area contributed by atoms with Gasteiger partial charge in [0.25, 0.3) is 5.91 Å². The molecule has 128 valence electrons. The van der Waals surface area contributed by atoms with Crippen LogP contribution in [-0.4, -0.2) is 29.7 Å². The fourth-order valence-corrected chi connectivity index (χ4v) is 2.03. The maximum absolute atomic E-state index is 13.8. The Morgan fingerprint density at radius 2 is 1.83 bits per heavy atom. The standard InChI is InChI=1S/C16H22BrFN2O3/c1-15(2,3)23-14(22)19-9-16(4,5)20-13(21)11-7-6-10(17)8-12(11)18/h6-8H,9H2,1-5H3,(H,19,22)(H,20,21). The molecule has 5 nitrogen and oxygen atoms in total. The van der Waals surface area contributed by atoms with Crippen molar-refractivity contribution >= 4 is 27.9 Å². The maximum atomic E-state index is 13.8. The number of ether oxygens (including phenoxy) is 1. The van der Waals surface area contributed by atoms with Gasteiger partial charge in [-0.15, -0.1) is 0 Å². The van der Waals surface area contributed by atoms with Gasteiger partial charge in [0, 0.05) is 11.0 Å². The number of halogens is 2. The largest absolute Gasteiger partial charge is 0.444 e. The van der Waals surface area contributed by atoms with Crippen molar-refractivity contribution in [1.82, 2.24) is 10.6 Å². The number of hydrogen-bond donors (Lipinski definition) is 2. The van der Waals surface area contributed by atoms with Crippen LogP contribution in [0.5, 0.6) is 0 Å². The highest BCUT2D eigenvalue weighted by Crippen LogP contribution is 2.16. The van der Waals surface area contributed by atoms with Crippen molar-refractivity contribution in [2.45, 2.75) is 45.8 Å². The molecule has 0 spiro atoms. The average Bonchev–Trinajstić information content (AvgIpc) is 2.33. The molecule has 0 saturated carbocycles. The number of carbonyl (C=O) groups excluding carboxylic acids is 2. The van der Waals surface area contributed by atoms with Crippen molar-refractivity contribution in [2.75, 3.05) is 6.54 Å². The molecule has 0 saturated heterocycles. The molecule has 0 aliphatic rings. The van der Waals surface area contributed by atoms with Gasteiger partial charge in [-0.1, -0.05) is 15.9 Å². The van der Waals surface area contributed by atoms with E-state index in [4.69, 9.17) is 4.74 Å². The van der Waals surface area contributed by atoms with Gasteiger partial charge in [0.1, 0.15) is 11.4 Å². The first-order chi connectivity index (χ1) is 10.4. The van der Waals surface area contributed by atoms with Gasteiger partial charge in [-0.05, 0) is 52.8 Å². The number of hydrogen-bond acceptors (Lipinski definition) is 3. The zero-order valence-electron chi connectivity index (χ0n) is 13.9. The number of carbonyl (C=O) groups is 2. The van der Waals surface area contributed by atoms with Crippen LogP contribution >= 0.6 is 15.9 Å². The lowest BCUT2D eigenvalue weighted by molar-refractivity contribution is 0.0509. The number of rotatable bonds is 4. The minimum Gasteiger partial charge on any atom is -0.444 e. The highest BCUT2D eigenvalue weighted by atomic mass is 79.9. The van der Waals surface area contributed by atoms with Gasteiger partial charge in [-0.3, -0.25) is 4.79 Å². The van der Waals surface area contributed by atoms with E-state index in [2.05, 4.69) is 26.6 Å². The van der Waals surface area contributed by atoms with Gasteiger partial charge < -0.3 is 15.4 Å². The molecular weight excluding hydrogens is 367 g/mol. The predicted octanol–water partition coefficient (Wildman–Crippen LogP) is 3.62. The summed E-state index contributed by atoms with van der Waals surface area (Å²) in [7, 11) is 0. The van der Waals surface area contributed by atoms with Crippen LogP contribution in [0.4, 0.5) is 9.18 Å². The Hall–Kier alpha value is -1.63. The molecular formula is C16H22BrFN2O3. The summed E-state index contributed by atoms with van der Waals surface area (Å²) in [5.74, 6) is -1.17. The van der Waals surface area contributed by atoms with Gasteiger partial charge in [-0.25, -0.2) is 9.18 Å². The topological polar surface area (TPSA) is 67.4 Å². The van der Waals surface area contributed by atoms with E-state index in [-0.39, 0.29) is 12.1 Å². The van der Waals surface area contributed by atoms with Crippen molar-refractivity contribution in [1.29, 1.82) is 0 Å². The first-order valence-corrected chi connectivity index (χ1v) is 7.93. The van der Waals surface area contributed by atoms with Crippen LogP contribution in [0, 0.1) is 5.82 Å². The van der Waals surface area contributed by atoms with E-state index in [9.17, 15) is 14.0 Å². The Kier molecular flexibility index (Phi) is 6.16. The summed E-state index contributed by atoms with van der Waals surface area (Å²) in [4.78, 5) is 23.8. The van der Waals surface area contributed by atoms with Gasteiger partial charge in [0.2, 0.25) is 0 Å². The normalized spacial score (nSPS) is 11.8. The van der Waals surface area contributed by atoms with Crippen molar-refractivity contribution in [3.05, 3.63) is 34.1 Å². The summed E-state index contributed by atoms with van der Waals surface area (Å²) in [6, 6.07) is 4.21. The third-order valence-electron chi connectivity index (χ3n) is 2.70. The third kappa shape index (κ3) is 6.99. The average molecular weight is 389 g/mol. The van der Waals surface area contributed by atoms with E-state index in [0.29, 0.717) is 4.47 Å². The summed E-state index contributed by atoms with van der Waals surface area (Å²) >= 11 is 3.14. The zero-order valence-corrected chi connectivity index (χ0v) is 15.5. The molecule has 0 atom stereocenters. The van der Waals surface area contributed by atoms with Crippen LogP contribution < -0.4 is 10.6 Å². The van der Waals surface area contributed by atoms with E-state index < -0.39 is 29.0 Å². The molecule has 0 aliphatic carbocycles. The van der Waals surface area contributed by atoms with Gasteiger partial charge in [0.15, 0.2) is 0 Å². The van der Waals surface area contributed by atoms with Crippen LogP contribution in [0.2, 0.25) is 0 Å².